The minimum absolute atomic E-state index is 0.173. The molecular weight excluding hydrogens is 198 g/mol. The fourth-order valence-corrected chi connectivity index (χ4v) is 1.62. The zero-order valence-corrected chi connectivity index (χ0v) is 9.23. The molecule has 0 saturated carbocycles. The van der Waals surface area contributed by atoms with Crippen molar-refractivity contribution in [3.8, 4) is 0 Å². The van der Waals surface area contributed by atoms with E-state index in [1.165, 1.54) is 11.3 Å². The van der Waals surface area contributed by atoms with Crippen molar-refractivity contribution in [3.63, 3.8) is 0 Å². The molecule has 0 aliphatic carbocycles. The number of anilines is 1. The third kappa shape index (κ3) is 3.33. The van der Waals surface area contributed by atoms with Crippen LogP contribution < -0.4 is 10.6 Å². The predicted molar refractivity (Wildman–Crippen MR) is 58.6 cm³/mol. The highest BCUT2D eigenvalue weighted by Crippen LogP contribution is 2.09. The molecule has 0 aliphatic heterocycles. The minimum Gasteiger partial charge on any atom is -0.335 e. The number of nitrogens with zero attached hydrogens (tertiary/aromatic N) is 1. The van der Waals surface area contributed by atoms with Crippen LogP contribution in [0.25, 0.3) is 0 Å². The summed E-state index contributed by atoms with van der Waals surface area (Å²) in [5.74, 6) is 0. The van der Waals surface area contributed by atoms with Gasteiger partial charge in [0.1, 0.15) is 0 Å². The van der Waals surface area contributed by atoms with Crippen molar-refractivity contribution in [2.75, 3.05) is 5.32 Å². The van der Waals surface area contributed by atoms with Crippen LogP contribution in [0, 0.1) is 0 Å². The number of thiazole rings is 1. The van der Waals surface area contributed by atoms with Gasteiger partial charge >= 0.3 is 6.03 Å². The molecule has 2 amide bonds. The van der Waals surface area contributed by atoms with E-state index in [0.717, 1.165) is 12.8 Å². The van der Waals surface area contributed by atoms with Crippen LogP contribution in [0.1, 0.15) is 26.7 Å². The van der Waals surface area contributed by atoms with Gasteiger partial charge in [-0.05, 0) is 12.8 Å². The molecule has 78 valence electrons. The summed E-state index contributed by atoms with van der Waals surface area (Å²) in [5, 5.41) is 8.01. The van der Waals surface area contributed by atoms with E-state index in [0.29, 0.717) is 5.13 Å². The van der Waals surface area contributed by atoms with E-state index in [1.807, 2.05) is 5.38 Å². The monoisotopic (exact) mass is 213 g/mol. The third-order valence-electron chi connectivity index (χ3n) is 1.97. The maximum Gasteiger partial charge on any atom is 0.321 e. The number of hydrogen-bond acceptors (Lipinski definition) is 3. The lowest BCUT2D eigenvalue weighted by molar-refractivity contribution is 0.247. The molecule has 1 rings (SSSR count). The summed E-state index contributed by atoms with van der Waals surface area (Å²) in [6.45, 7) is 4.11. The average Bonchev–Trinajstić information content (AvgIpc) is 2.66. The largest absolute Gasteiger partial charge is 0.335 e. The number of aromatic nitrogens is 1. The van der Waals surface area contributed by atoms with Crippen molar-refractivity contribution in [1.82, 2.24) is 10.3 Å². The zero-order chi connectivity index (χ0) is 10.4. The van der Waals surface area contributed by atoms with Crippen molar-refractivity contribution < 1.29 is 4.79 Å². The topological polar surface area (TPSA) is 54.0 Å². The van der Waals surface area contributed by atoms with Gasteiger partial charge in [0.25, 0.3) is 0 Å². The number of amides is 2. The lowest BCUT2D eigenvalue weighted by Gasteiger charge is -2.14. The van der Waals surface area contributed by atoms with Gasteiger partial charge in [-0.25, -0.2) is 9.78 Å². The molecule has 4 nitrogen and oxygen atoms in total. The van der Waals surface area contributed by atoms with E-state index in [-0.39, 0.29) is 12.1 Å². The van der Waals surface area contributed by atoms with Crippen molar-refractivity contribution in [2.24, 2.45) is 0 Å². The Hall–Kier alpha value is -1.10. The summed E-state index contributed by atoms with van der Waals surface area (Å²) < 4.78 is 0. The normalized spacial score (nSPS) is 10.2. The van der Waals surface area contributed by atoms with E-state index in [4.69, 9.17) is 0 Å². The van der Waals surface area contributed by atoms with Crippen molar-refractivity contribution >= 4 is 22.5 Å². The molecule has 14 heavy (non-hydrogen) atoms. The van der Waals surface area contributed by atoms with Gasteiger partial charge < -0.3 is 5.32 Å². The molecule has 0 bridgehead atoms. The third-order valence-corrected chi connectivity index (χ3v) is 2.66. The van der Waals surface area contributed by atoms with Gasteiger partial charge in [-0.3, -0.25) is 5.32 Å². The average molecular weight is 213 g/mol. The van der Waals surface area contributed by atoms with Crippen LogP contribution in [0.2, 0.25) is 0 Å². The first-order valence-electron chi connectivity index (χ1n) is 4.73. The molecule has 0 atom stereocenters. The van der Waals surface area contributed by atoms with Crippen molar-refractivity contribution in [1.29, 1.82) is 0 Å². The number of carbonyl (C=O) groups excluding carboxylic acids is 1. The van der Waals surface area contributed by atoms with Gasteiger partial charge in [0, 0.05) is 17.6 Å². The molecule has 0 unspecified atom stereocenters. The maximum absolute atomic E-state index is 11.4. The maximum atomic E-state index is 11.4. The van der Waals surface area contributed by atoms with Gasteiger partial charge in [-0.2, -0.15) is 0 Å². The fourth-order valence-electron chi connectivity index (χ4n) is 1.10. The van der Waals surface area contributed by atoms with Crippen LogP contribution in [0.3, 0.4) is 0 Å². The summed E-state index contributed by atoms with van der Waals surface area (Å²) in [7, 11) is 0. The van der Waals surface area contributed by atoms with E-state index >= 15 is 0 Å². The summed E-state index contributed by atoms with van der Waals surface area (Å²) in [5.41, 5.74) is 0. The highest BCUT2D eigenvalue weighted by atomic mass is 32.1. The Morgan fingerprint density at radius 3 is 2.79 bits per heavy atom. The van der Waals surface area contributed by atoms with Gasteiger partial charge in [-0.15, -0.1) is 11.3 Å². The molecule has 1 aromatic heterocycles. The Balaban J connectivity index is 2.35. The van der Waals surface area contributed by atoms with Crippen LogP contribution in [0.15, 0.2) is 11.6 Å². The van der Waals surface area contributed by atoms with Crippen molar-refractivity contribution in [2.45, 2.75) is 32.7 Å². The molecule has 0 spiro atoms. The molecule has 0 aromatic carbocycles. The molecule has 1 heterocycles. The first kappa shape index (κ1) is 11.0. The fraction of sp³-hybridized carbons (Fsp3) is 0.556. The Morgan fingerprint density at radius 2 is 2.29 bits per heavy atom. The van der Waals surface area contributed by atoms with E-state index in [9.17, 15) is 4.79 Å². The lowest BCUT2D eigenvalue weighted by atomic mass is 10.2. The van der Waals surface area contributed by atoms with Gasteiger partial charge in [0.15, 0.2) is 5.13 Å². The van der Waals surface area contributed by atoms with E-state index < -0.39 is 0 Å². The quantitative estimate of drug-likeness (QED) is 0.807. The summed E-state index contributed by atoms with van der Waals surface area (Å²) in [6.07, 6.45) is 3.56. The SMILES string of the molecule is CCC(CC)NC(=O)Nc1nccs1. The standard InChI is InChI=1S/C9H15N3OS/c1-3-7(4-2)11-8(13)12-9-10-5-6-14-9/h5-7H,3-4H2,1-2H3,(H2,10,11,12,13). The number of carbonyl (C=O) groups is 1. The zero-order valence-electron chi connectivity index (χ0n) is 8.41. The highest BCUT2D eigenvalue weighted by molar-refractivity contribution is 7.13. The number of urea groups is 1. The Labute approximate surface area is 87.7 Å². The second-order valence-electron chi connectivity index (χ2n) is 2.95. The van der Waals surface area contributed by atoms with Crippen LogP contribution in [0.5, 0.6) is 0 Å². The molecule has 1 aromatic rings. The van der Waals surface area contributed by atoms with Gasteiger partial charge in [0.2, 0.25) is 0 Å². The molecule has 2 N–H and O–H groups in total. The smallest absolute Gasteiger partial charge is 0.321 e. The van der Waals surface area contributed by atoms with Gasteiger partial charge in [0.05, 0.1) is 0 Å². The molecular formula is C9H15N3OS. The summed E-state index contributed by atoms with van der Waals surface area (Å²) in [6, 6.07) is 0.0728. The van der Waals surface area contributed by atoms with Crippen molar-refractivity contribution in [3.05, 3.63) is 11.6 Å². The molecule has 0 fully saturated rings. The van der Waals surface area contributed by atoms with Crippen LogP contribution >= 0.6 is 11.3 Å². The highest BCUT2D eigenvalue weighted by Gasteiger charge is 2.08. The Morgan fingerprint density at radius 1 is 1.57 bits per heavy atom. The van der Waals surface area contributed by atoms with E-state index in [2.05, 4.69) is 29.5 Å². The second-order valence-corrected chi connectivity index (χ2v) is 3.84. The number of rotatable bonds is 4. The summed E-state index contributed by atoms with van der Waals surface area (Å²) >= 11 is 1.41. The molecule has 0 saturated heterocycles. The lowest BCUT2D eigenvalue weighted by Crippen LogP contribution is -2.37. The van der Waals surface area contributed by atoms with Crippen LogP contribution in [-0.4, -0.2) is 17.1 Å². The Bertz CT molecular complexity index is 270. The minimum atomic E-state index is -0.173. The molecule has 0 radical (unpaired) electrons. The van der Waals surface area contributed by atoms with Crippen LogP contribution in [0.4, 0.5) is 9.93 Å². The number of nitrogens with one attached hydrogen (secondary N) is 2. The van der Waals surface area contributed by atoms with Gasteiger partial charge in [-0.1, -0.05) is 13.8 Å². The first-order valence-corrected chi connectivity index (χ1v) is 5.61. The first-order chi connectivity index (χ1) is 6.76. The summed E-state index contributed by atoms with van der Waals surface area (Å²) in [4.78, 5) is 15.3. The Kier molecular flexibility index (Phi) is 4.39. The number of hydrogen-bond donors (Lipinski definition) is 2. The molecule has 0 aliphatic rings. The van der Waals surface area contributed by atoms with Crippen LogP contribution in [-0.2, 0) is 0 Å². The second kappa shape index (κ2) is 5.59. The predicted octanol–water partition coefficient (Wildman–Crippen LogP) is 2.45. The molecule has 5 heteroatoms. The van der Waals surface area contributed by atoms with E-state index in [1.54, 1.807) is 6.20 Å².